The number of amides is 2. The number of benzene rings is 1. The standard InChI is InChI=1S/C19H22N4O2/c1-2-3-9-19(22-23-19)10-11-20-17(24)6-4-5-14-7-8-16-15(12-14)13-18(25)21-16/h1,7-8,12H,3-6,9-11,13H2,(H,20,24)(H,21,25). The molecule has 2 N–H and O–H groups in total. The number of nitrogens with one attached hydrogen (secondary N) is 2. The first-order valence-corrected chi connectivity index (χ1v) is 8.66. The van der Waals surface area contributed by atoms with Crippen LogP contribution < -0.4 is 10.6 Å². The van der Waals surface area contributed by atoms with Crippen LogP contribution in [0.25, 0.3) is 0 Å². The molecule has 0 saturated heterocycles. The van der Waals surface area contributed by atoms with Gasteiger partial charge in [0.25, 0.3) is 0 Å². The van der Waals surface area contributed by atoms with E-state index in [-0.39, 0.29) is 17.5 Å². The normalized spacial score (nSPS) is 16.0. The minimum Gasteiger partial charge on any atom is -0.356 e. The van der Waals surface area contributed by atoms with E-state index in [0.29, 0.717) is 32.2 Å². The molecule has 0 spiro atoms. The lowest BCUT2D eigenvalue weighted by atomic mass is 10.0. The Morgan fingerprint density at radius 1 is 1.36 bits per heavy atom. The van der Waals surface area contributed by atoms with E-state index >= 15 is 0 Å². The summed E-state index contributed by atoms with van der Waals surface area (Å²) in [5.74, 6) is 2.68. The van der Waals surface area contributed by atoms with Crippen molar-refractivity contribution in [2.45, 2.75) is 50.6 Å². The number of carbonyl (C=O) groups is 2. The van der Waals surface area contributed by atoms with E-state index in [4.69, 9.17) is 6.42 Å². The zero-order valence-electron chi connectivity index (χ0n) is 14.2. The van der Waals surface area contributed by atoms with Gasteiger partial charge in [0.05, 0.1) is 6.42 Å². The monoisotopic (exact) mass is 338 g/mol. The van der Waals surface area contributed by atoms with Crippen LogP contribution in [0.15, 0.2) is 28.4 Å². The molecule has 0 fully saturated rings. The van der Waals surface area contributed by atoms with Crippen molar-refractivity contribution >= 4 is 17.5 Å². The van der Waals surface area contributed by atoms with Crippen molar-refractivity contribution in [2.75, 3.05) is 11.9 Å². The average Bonchev–Trinajstić information content (AvgIpc) is 3.25. The first-order valence-electron chi connectivity index (χ1n) is 8.66. The van der Waals surface area contributed by atoms with Gasteiger partial charge < -0.3 is 10.6 Å². The van der Waals surface area contributed by atoms with Gasteiger partial charge in [-0.1, -0.05) is 12.1 Å². The molecule has 1 aromatic carbocycles. The Labute approximate surface area is 147 Å². The zero-order valence-corrected chi connectivity index (χ0v) is 14.2. The van der Waals surface area contributed by atoms with Crippen molar-refractivity contribution in [3.05, 3.63) is 29.3 Å². The van der Waals surface area contributed by atoms with Crippen LogP contribution in [-0.2, 0) is 22.4 Å². The molecule has 2 amide bonds. The highest BCUT2D eigenvalue weighted by Gasteiger charge is 2.38. The molecule has 2 aliphatic heterocycles. The first kappa shape index (κ1) is 17.2. The third-order valence-electron chi connectivity index (χ3n) is 4.56. The van der Waals surface area contributed by atoms with Gasteiger partial charge in [-0.05, 0) is 30.0 Å². The highest BCUT2D eigenvalue weighted by atomic mass is 16.2. The Bertz CT molecular complexity index is 742. The maximum atomic E-state index is 11.9. The Morgan fingerprint density at radius 2 is 2.20 bits per heavy atom. The van der Waals surface area contributed by atoms with Gasteiger partial charge in [-0.3, -0.25) is 9.59 Å². The fourth-order valence-corrected chi connectivity index (χ4v) is 3.05. The van der Waals surface area contributed by atoms with Crippen molar-refractivity contribution < 1.29 is 9.59 Å². The number of terminal acetylenes is 1. The summed E-state index contributed by atoms with van der Waals surface area (Å²) < 4.78 is 0. The van der Waals surface area contributed by atoms with Crippen molar-refractivity contribution in [1.29, 1.82) is 0 Å². The first-order chi connectivity index (χ1) is 12.1. The lowest BCUT2D eigenvalue weighted by molar-refractivity contribution is -0.121. The number of nitrogens with zero attached hydrogens (tertiary/aromatic N) is 2. The highest BCUT2D eigenvalue weighted by molar-refractivity contribution is 5.99. The number of rotatable bonds is 9. The summed E-state index contributed by atoms with van der Waals surface area (Å²) in [6, 6.07) is 6.00. The number of carbonyl (C=O) groups excluding carboxylic acids is 2. The van der Waals surface area contributed by atoms with Gasteiger partial charge in [-0.2, -0.15) is 10.2 Å². The quantitative estimate of drug-likeness (QED) is 0.678. The van der Waals surface area contributed by atoms with E-state index in [2.05, 4.69) is 32.8 Å². The Kier molecular flexibility index (Phi) is 5.13. The third kappa shape index (κ3) is 4.66. The molecule has 0 bridgehead atoms. The van der Waals surface area contributed by atoms with E-state index in [1.807, 2.05) is 12.1 Å². The molecule has 6 heteroatoms. The number of fused-ring (bicyclic) bond motifs is 1. The van der Waals surface area contributed by atoms with Gasteiger partial charge in [0, 0.05) is 37.9 Å². The second-order valence-corrected chi connectivity index (χ2v) is 6.56. The summed E-state index contributed by atoms with van der Waals surface area (Å²) in [5, 5.41) is 13.9. The SMILES string of the molecule is C#CCCC1(CCNC(=O)CCCc2ccc3c(c2)CC(=O)N3)N=N1. The molecule has 0 aliphatic carbocycles. The third-order valence-corrected chi connectivity index (χ3v) is 4.56. The number of aryl methyl sites for hydroxylation is 1. The van der Waals surface area contributed by atoms with E-state index in [1.54, 1.807) is 0 Å². The van der Waals surface area contributed by atoms with Crippen LogP contribution in [0.2, 0.25) is 0 Å². The molecule has 0 aromatic heterocycles. The lowest BCUT2D eigenvalue weighted by Gasteiger charge is -2.10. The summed E-state index contributed by atoms with van der Waals surface area (Å²) in [6.07, 6.45) is 9.92. The molecular formula is C19H22N4O2. The Morgan fingerprint density at radius 3 is 2.96 bits per heavy atom. The minimum atomic E-state index is -0.338. The highest BCUT2D eigenvalue weighted by Crippen LogP contribution is 2.36. The van der Waals surface area contributed by atoms with Crippen LogP contribution in [0, 0.1) is 12.3 Å². The van der Waals surface area contributed by atoms with Crippen LogP contribution in [0.4, 0.5) is 5.69 Å². The van der Waals surface area contributed by atoms with E-state index in [1.165, 1.54) is 0 Å². The van der Waals surface area contributed by atoms with Crippen LogP contribution in [0.5, 0.6) is 0 Å². The average molecular weight is 338 g/mol. The summed E-state index contributed by atoms with van der Waals surface area (Å²) in [6.45, 7) is 0.572. The summed E-state index contributed by atoms with van der Waals surface area (Å²) in [7, 11) is 0. The van der Waals surface area contributed by atoms with Gasteiger partial charge in [-0.25, -0.2) is 0 Å². The molecule has 0 saturated carbocycles. The molecule has 2 heterocycles. The maximum absolute atomic E-state index is 11.9. The molecule has 25 heavy (non-hydrogen) atoms. The number of hydrogen-bond acceptors (Lipinski definition) is 4. The van der Waals surface area contributed by atoms with Crippen molar-refractivity contribution in [1.82, 2.24) is 5.32 Å². The van der Waals surface area contributed by atoms with Crippen molar-refractivity contribution in [3.63, 3.8) is 0 Å². The molecule has 0 unspecified atom stereocenters. The van der Waals surface area contributed by atoms with Gasteiger partial charge in [-0.15, -0.1) is 12.3 Å². The van der Waals surface area contributed by atoms with E-state index in [9.17, 15) is 9.59 Å². The largest absolute Gasteiger partial charge is 0.356 e. The molecule has 1 aromatic rings. The molecule has 0 radical (unpaired) electrons. The van der Waals surface area contributed by atoms with Crippen LogP contribution >= 0.6 is 0 Å². The van der Waals surface area contributed by atoms with Gasteiger partial charge in [0.15, 0.2) is 5.66 Å². The fraction of sp³-hybridized carbons (Fsp3) is 0.474. The maximum Gasteiger partial charge on any atom is 0.228 e. The summed E-state index contributed by atoms with van der Waals surface area (Å²) >= 11 is 0. The molecule has 6 nitrogen and oxygen atoms in total. The smallest absolute Gasteiger partial charge is 0.228 e. The lowest BCUT2D eigenvalue weighted by Crippen LogP contribution is -2.28. The van der Waals surface area contributed by atoms with Crippen LogP contribution in [-0.4, -0.2) is 24.0 Å². The molecule has 3 rings (SSSR count). The molecule has 130 valence electrons. The zero-order chi connectivity index (χ0) is 17.7. The van der Waals surface area contributed by atoms with Crippen LogP contribution in [0.1, 0.15) is 43.2 Å². The second kappa shape index (κ2) is 7.47. The summed E-state index contributed by atoms with van der Waals surface area (Å²) in [5.41, 5.74) is 2.77. The van der Waals surface area contributed by atoms with Gasteiger partial charge >= 0.3 is 0 Å². The topological polar surface area (TPSA) is 82.9 Å². The van der Waals surface area contributed by atoms with Gasteiger partial charge in [0.2, 0.25) is 11.8 Å². The Hall–Kier alpha value is -2.68. The molecule has 0 atom stereocenters. The minimum absolute atomic E-state index is 0.0423. The number of anilines is 1. The van der Waals surface area contributed by atoms with E-state index < -0.39 is 0 Å². The molecular weight excluding hydrogens is 316 g/mol. The predicted molar refractivity (Wildman–Crippen MR) is 95.0 cm³/mol. The van der Waals surface area contributed by atoms with E-state index in [0.717, 1.165) is 36.1 Å². The van der Waals surface area contributed by atoms with Crippen molar-refractivity contribution in [2.24, 2.45) is 10.2 Å². The summed E-state index contributed by atoms with van der Waals surface area (Å²) in [4.78, 5) is 23.3. The molecule has 2 aliphatic rings. The number of hydrogen-bond donors (Lipinski definition) is 2. The second-order valence-electron chi connectivity index (χ2n) is 6.56. The Balaban J connectivity index is 1.33. The van der Waals surface area contributed by atoms with Crippen LogP contribution in [0.3, 0.4) is 0 Å². The fourth-order valence-electron chi connectivity index (χ4n) is 3.05. The van der Waals surface area contributed by atoms with Gasteiger partial charge in [0.1, 0.15) is 0 Å². The predicted octanol–water partition coefficient (Wildman–Crippen LogP) is 2.59. The van der Waals surface area contributed by atoms with Crippen molar-refractivity contribution in [3.8, 4) is 12.3 Å².